The maximum atomic E-state index is 12.1. The number of esters is 1. The average Bonchev–Trinajstić information content (AvgIpc) is 3.23. The van der Waals surface area contributed by atoms with E-state index in [0.29, 0.717) is 18.7 Å². The fourth-order valence-corrected chi connectivity index (χ4v) is 3.67. The van der Waals surface area contributed by atoms with Gasteiger partial charge in [0.25, 0.3) is 5.56 Å². The van der Waals surface area contributed by atoms with E-state index >= 15 is 0 Å². The smallest absolute Gasteiger partial charge is 0.330 e. The second-order valence-electron chi connectivity index (χ2n) is 8.24. The molecular formula is C21H32N8O6. The normalized spacial score (nSPS) is 19.1. The number of nitrogens with zero attached hydrogens (tertiary/aromatic N) is 7. The van der Waals surface area contributed by atoms with Gasteiger partial charge in [-0.05, 0) is 30.8 Å². The van der Waals surface area contributed by atoms with E-state index in [9.17, 15) is 14.4 Å². The number of carbonyl (C=O) groups excluding carboxylic acids is 1. The number of aryl methyl sites for hydroxylation is 1. The van der Waals surface area contributed by atoms with Gasteiger partial charge in [-0.1, -0.05) is 35.9 Å². The Bertz CT molecular complexity index is 1030. The fraction of sp³-hybridized carbons (Fsp3) is 0.762. The van der Waals surface area contributed by atoms with Crippen LogP contribution in [0.1, 0.15) is 63.2 Å². The Morgan fingerprint density at radius 1 is 1.17 bits per heavy atom. The molecule has 0 aliphatic carbocycles. The first-order chi connectivity index (χ1) is 17.0. The van der Waals surface area contributed by atoms with Gasteiger partial charge in [0, 0.05) is 41.2 Å². The van der Waals surface area contributed by atoms with E-state index in [1.54, 1.807) is 6.92 Å². The summed E-state index contributed by atoms with van der Waals surface area (Å²) in [5, 5.41) is 7.20. The number of azide groups is 2. The standard InChI is InChI=1S/C21H32N8O6/c1-15-13-29(21(32)25-20(15)31)18-12-16(26-28-23)17(35-18)14-34-19(30)8-11-33-10-7-5-3-2-4-6-9-24-27-22/h13,16-18H,2-12,14H2,1H3,(H,25,31,32)/t16-,17+,18+/m0/s1. The predicted octanol–water partition coefficient (Wildman–Crippen LogP) is 3.41. The van der Waals surface area contributed by atoms with Gasteiger partial charge >= 0.3 is 11.7 Å². The lowest BCUT2D eigenvalue weighted by Gasteiger charge is -2.17. The van der Waals surface area contributed by atoms with Crippen molar-refractivity contribution >= 4 is 5.97 Å². The first-order valence-corrected chi connectivity index (χ1v) is 11.7. The van der Waals surface area contributed by atoms with Crippen molar-refractivity contribution in [3.63, 3.8) is 0 Å². The summed E-state index contributed by atoms with van der Waals surface area (Å²) in [4.78, 5) is 43.5. The third-order valence-electron chi connectivity index (χ3n) is 5.58. The van der Waals surface area contributed by atoms with Crippen molar-refractivity contribution in [3.05, 3.63) is 53.5 Å². The minimum atomic E-state index is -0.758. The molecule has 0 aromatic carbocycles. The summed E-state index contributed by atoms with van der Waals surface area (Å²) < 4.78 is 17.8. The van der Waals surface area contributed by atoms with Gasteiger partial charge in [0.1, 0.15) is 18.9 Å². The number of unbranched alkanes of at least 4 members (excludes halogenated alkanes) is 5. The summed E-state index contributed by atoms with van der Waals surface area (Å²) in [5.41, 5.74) is 16.3. The number of hydrogen-bond donors (Lipinski definition) is 1. The van der Waals surface area contributed by atoms with Crippen molar-refractivity contribution in [2.24, 2.45) is 10.2 Å². The largest absolute Gasteiger partial charge is 0.463 e. The molecule has 35 heavy (non-hydrogen) atoms. The quantitative estimate of drug-likeness (QED) is 0.120. The van der Waals surface area contributed by atoms with Crippen LogP contribution in [0.3, 0.4) is 0 Å². The van der Waals surface area contributed by atoms with Crippen LogP contribution in [0.15, 0.2) is 26.0 Å². The van der Waals surface area contributed by atoms with Gasteiger partial charge in [0.2, 0.25) is 0 Å². The minimum Gasteiger partial charge on any atom is -0.463 e. The fourth-order valence-electron chi connectivity index (χ4n) is 3.67. The third kappa shape index (κ3) is 9.83. The topological polar surface area (TPSA) is 197 Å². The van der Waals surface area contributed by atoms with Crippen molar-refractivity contribution in [1.29, 1.82) is 0 Å². The van der Waals surface area contributed by atoms with E-state index in [1.165, 1.54) is 10.8 Å². The summed E-state index contributed by atoms with van der Waals surface area (Å²) in [6.45, 7) is 2.78. The first kappa shape index (κ1) is 27.9. The number of rotatable bonds is 16. The van der Waals surface area contributed by atoms with Crippen molar-refractivity contribution in [2.45, 2.75) is 76.7 Å². The highest BCUT2D eigenvalue weighted by atomic mass is 16.6. The molecule has 14 nitrogen and oxygen atoms in total. The molecule has 2 heterocycles. The van der Waals surface area contributed by atoms with Gasteiger partial charge in [-0.2, -0.15) is 0 Å². The summed E-state index contributed by atoms with van der Waals surface area (Å²) in [6, 6.07) is -0.632. The Kier molecular flexibility index (Phi) is 12.4. The lowest BCUT2D eigenvalue weighted by molar-refractivity contribution is -0.149. The van der Waals surface area contributed by atoms with Gasteiger partial charge in [-0.15, -0.1) is 0 Å². The maximum absolute atomic E-state index is 12.1. The second-order valence-corrected chi connectivity index (χ2v) is 8.24. The summed E-state index contributed by atoms with van der Waals surface area (Å²) in [5.74, 6) is -0.464. The Balaban J connectivity index is 1.65. The lowest BCUT2D eigenvalue weighted by Crippen LogP contribution is -2.33. The van der Waals surface area contributed by atoms with E-state index < -0.39 is 35.6 Å². The van der Waals surface area contributed by atoms with Crippen molar-refractivity contribution < 1.29 is 19.0 Å². The highest BCUT2D eigenvalue weighted by Gasteiger charge is 2.37. The van der Waals surface area contributed by atoms with Gasteiger partial charge in [0.15, 0.2) is 0 Å². The number of carbonyl (C=O) groups is 1. The summed E-state index contributed by atoms with van der Waals surface area (Å²) in [6.07, 6.45) is 6.25. The number of H-pyrrole nitrogens is 1. The molecule has 3 atom stereocenters. The van der Waals surface area contributed by atoms with Crippen molar-refractivity contribution in [1.82, 2.24) is 9.55 Å². The summed E-state index contributed by atoms with van der Waals surface area (Å²) in [7, 11) is 0. The molecule has 0 amide bonds. The second kappa shape index (κ2) is 15.6. The molecule has 0 spiro atoms. The molecule has 1 aliphatic heterocycles. The molecule has 0 bridgehead atoms. The van der Waals surface area contributed by atoms with E-state index in [4.69, 9.17) is 25.3 Å². The average molecular weight is 493 g/mol. The van der Waals surface area contributed by atoms with Crippen LogP contribution in [-0.2, 0) is 19.0 Å². The third-order valence-corrected chi connectivity index (χ3v) is 5.58. The van der Waals surface area contributed by atoms with Crippen LogP contribution in [0, 0.1) is 6.92 Å². The molecule has 1 aliphatic rings. The molecule has 2 rings (SSSR count). The number of aromatic amines is 1. The molecule has 1 saturated heterocycles. The molecule has 0 saturated carbocycles. The van der Waals surface area contributed by atoms with Gasteiger partial charge in [-0.25, -0.2) is 4.79 Å². The van der Waals surface area contributed by atoms with Crippen LogP contribution in [-0.4, -0.2) is 54.0 Å². The number of nitrogens with one attached hydrogen (secondary N) is 1. The SMILES string of the molecule is Cc1cn([C@H]2C[C@H](N=[N+]=[N-])[C@@H](COC(=O)CCOCCCCCCCCN=[N+]=[N-])O2)c(=O)[nH]c1=O. The molecule has 14 heteroatoms. The van der Waals surface area contributed by atoms with E-state index in [0.717, 1.165) is 38.5 Å². The van der Waals surface area contributed by atoms with Crippen LogP contribution >= 0.6 is 0 Å². The van der Waals surface area contributed by atoms with E-state index in [-0.39, 0.29) is 26.1 Å². The van der Waals surface area contributed by atoms with Crippen LogP contribution in [0.2, 0.25) is 0 Å². The monoisotopic (exact) mass is 492 g/mol. The van der Waals surface area contributed by atoms with Gasteiger partial charge in [-0.3, -0.25) is 19.1 Å². The molecule has 1 N–H and O–H groups in total. The van der Waals surface area contributed by atoms with Crippen LogP contribution < -0.4 is 11.2 Å². The van der Waals surface area contributed by atoms with E-state index in [2.05, 4.69) is 25.0 Å². The number of hydrogen-bond acceptors (Lipinski definition) is 8. The predicted molar refractivity (Wildman–Crippen MR) is 126 cm³/mol. The Hall–Kier alpha value is -3.31. The highest BCUT2D eigenvalue weighted by Crippen LogP contribution is 2.30. The Morgan fingerprint density at radius 2 is 1.91 bits per heavy atom. The lowest BCUT2D eigenvalue weighted by atomic mass is 10.1. The number of aromatic nitrogens is 2. The van der Waals surface area contributed by atoms with Crippen LogP contribution in [0.25, 0.3) is 20.9 Å². The molecule has 1 aromatic heterocycles. The number of ether oxygens (including phenoxy) is 3. The van der Waals surface area contributed by atoms with Crippen molar-refractivity contribution in [2.75, 3.05) is 26.4 Å². The van der Waals surface area contributed by atoms with Crippen LogP contribution in [0.5, 0.6) is 0 Å². The first-order valence-electron chi connectivity index (χ1n) is 11.7. The Morgan fingerprint density at radius 3 is 2.66 bits per heavy atom. The Labute approximate surface area is 201 Å². The maximum Gasteiger partial charge on any atom is 0.330 e. The summed E-state index contributed by atoms with van der Waals surface area (Å²) >= 11 is 0. The minimum absolute atomic E-state index is 0.0836. The van der Waals surface area contributed by atoms with E-state index in [1.807, 2.05) is 0 Å². The zero-order chi connectivity index (χ0) is 25.5. The molecule has 0 radical (unpaired) electrons. The zero-order valence-corrected chi connectivity index (χ0v) is 19.9. The zero-order valence-electron chi connectivity index (χ0n) is 19.9. The van der Waals surface area contributed by atoms with Gasteiger partial charge < -0.3 is 14.2 Å². The molecular weight excluding hydrogens is 460 g/mol. The van der Waals surface area contributed by atoms with Crippen molar-refractivity contribution in [3.8, 4) is 0 Å². The van der Waals surface area contributed by atoms with Crippen LogP contribution in [0.4, 0.5) is 0 Å². The molecule has 0 unspecified atom stereocenters. The molecule has 1 aromatic rings. The molecule has 1 fully saturated rings. The highest BCUT2D eigenvalue weighted by molar-refractivity contribution is 5.69. The van der Waals surface area contributed by atoms with Gasteiger partial charge in [0.05, 0.1) is 19.1 Å². The molecule has 192 valence electrons.